The average molecular weight is 227 g/mol. The van der Waals surface area contributed by atoms with Crippen LogP contribution in [-0.4, -0.2) is 49.0 Å². The third-order valence-corrected chi connectivity index (χ3v) is 4.24. The Kier molecular flexibility index (Phi) is 4.62. The second-order valence-electron chi connectivity index (χ2n) is 5.34. The third kappa shape index (κ3) is 3.19. The largest absolute Gasteiger partial charge is 0.391 e. The molecular weight excluding hydrogens is 202 g/mol. The van der Waals surface area contributed by atoms with Gasteiger partial charge in [-0.2, -0.15) is 0 Å². The second kappa shape index (κ2) is 5.99. The van der Waals surface area contributed by atoms with Crippen molar-refractivity contribution in [2.75, 3.05) is 32.8 Å². The van der Waals surface area contributed by atoms with E-state index in [4.69, 9.17) is 4.74 Å². The molecule has 0 radical (unpaired) electrons. The van der Waals surface area contributed by atoms with Crippen molar-refractivity contribution < 1.29 is 9.84 Å². The van der Waals surface area contributed by atoms with Gasteiger partial charge in [-0.05, 0) is 38.3 Å². The minimum absolute atomic E-state index is 0.180. The Labute approximate surface area is 98.8 Å². The zero-order valence-electron chi connectivity index (χ0n) is 10.4. The molecule has 2 aliphatic heterocycles. The van der Waals surface area contributed by atoms with Crippen molar-refractivity contribution in [3.63, 3.8) is 0 Å². The topological polar surface area (TPSA) is 32.7 Å². The van der Waals surface area contributed by atoms with Crippen LogP contribution in [0.2, 0.25) is 0 Å². The van der Waals surface area contributed by atoms with E-state index in [2.05, 4.69) is 11.8 Å². The van der Waals surface area contributed by atoms with Crippen LogP contribution in [0, 0.1) is 11.8 Å². The number of piperidine rings is 1. The highest BCUT2D eigenvalue weighted by atomic mass is 16.5. The van der Waals surface area contributed by atoms with Gasteiger partial charge in [-0.15, -0.1) is 0 Å². The van der Waals surface area contributed by atoms with E-state index in [1.54, 1.807) is 0 Å². The molecule has 0 aromatic rings. The van der Waals surface area contributed by atoms with Crippen molar-refractivity contribution in [1.82, 2.24) is 4.90 Å². The summed E-state index contributed by atoms with van der Waals surface area (Å²) in [5.41, 5.74) is 0. The highest BCUT2D eigenvalue weighted by Crippen LogP contribution is 2.22. The molecule has 0 saturated carbocycles. The van der Waals surface area contributed by atoms with Gasteiger partial charge in [0.25, 0.3) is 0 Å². The Bertz CT molecular complexity index is 196. The van der Waals surface area contributed by atoms with Crippen LogP contribution in [0.4, 0.5) is 0 Å². The van der Waals surface area contributed by atoms with Crippen LogP contribution < -0.4 is 0 Å². The lowest BCUT2D eigenvalue weighted by Gasteiger charge is -2.33. The number of β-amino-alcohol motifs (C(OH)–C–C–N with tert-alkyl or cyclic N) is 1. The Morgan fingerprint density at radius 2 is 2.06 bits per heavy atom. The normalized spacial score (nSPS) is 30.8. The van der Waals surface area contributed by atoms with Crippen LogP contribution in [0.3, 0.4) is 0 Å². The smallest absolute Gasteiger partial charge is 0.0718 e. The van der Waals surface area contributed by atoms with Gasteiger partial charge in [0.15, 0.2) is 0 Å². The quantitative estimate of drug-likeness (QED) is 0.790. The molecule has 2 rings (SSSR count). The first-order chi connectivity index (χ1) is 7.79. The maximum Gasteiger partial charge on any atom is 0.0718 e. The number of ether oxygens (including phenoxy) is 1. The number of aliphatic hydroxyl groups is 1. The molecule has 3 heteroatoms. The average Bonchev–Trinajstić information content (AvgIpc) is 2.83. The number of rotatable bonds is 4. The van der Waals surface area contributed by atoms with E-state index in [1.807, 2.05) is 0 Å². The first-order valence-electron chi connectivity index (χ1n) is 6.77. The van der Waals surface area contributed by atoms with Crippen LogP contribution in [0.5, 0.6) is 0 Å². The van der Waals surface area contributed by atoms with Crippen molar-refractivity contribution in [2.45, 2.75) is 38.7 Å². The zero-order valence-corrected chi connectivity index (χ0v) is 10.4. The minimum Gasteiger partial charge on any atom is -0.391 e. The monoisotopic (exact) mass is 227 g/mol. The van der Waals surface area contributed by atoms with Crippen molar-refractivity contribution >= 4 is 0 Å². The summed E-state index contributed by atoms with van der Waals surface area (Å²) in [7, 11) is 0. The predicted octanol–water partition coefficient (Wildman–Crippen LogP) is 1.51. The van der Waals surface area contributed by atoms with Crippen LogP contribution in [0.1, 0.15) is 32.6 Å². The van der Waals surface area contributed by atoms with Crippen LogP contribution in [-0.2, 0) is 4.74 Å². The van der Waals surface area contributed by atoms with E-state index in [1.165, 1.54) is 32.4 Å². The molecule has 2 atom stereocenters. The zero-order chi connectivity index (χ0) is 11.4. The predicted molar refractivity (Wildman–Crippen MR) is 64.4 cm³/mol. The van der Waals surface area contributed by atoms with Gasteiger partial charge in [0.1, 0.15) is 0 Å². The maximum atomic E-state index is 10.1. The molecule has 2 unspecified atom stereocenters. The molecule has 3 nitrogen and oxygen atoms in total. The SMILES string of the molecule is CCC1CCN(CC(O)C2CCOC2)CC1. The Balaban J connectivity index is 1.69. The standard InChI is InChI=1S/C13H25NO2/c1-2-11-3-6-14(7-4-11)9-13(15)12-5-8-16-10-12/h11-13,15H,2-10H2,1H3. The summed E-state index contributed by atoms with van der Waals surface area (Å²) in [5.74, 6) is 1.30. The number of aliphatic hydroxyl groups excluding tert-OH is 1. The second-order valence-corrected chi connectivity index (χ2v) is 5.34. The highest BCUT2D eigenvalue weighted by Gasteiger charge is 2.27. The lowest BCUT2D eigenvalue weighted by Crippen LogP contribution is -2.41. The molecule has 16 heavy (non-hydrogen) atoms. The molecule has 2 fully saturated rings. The molecule has 0 aromatic carbocycles. The van der Waals surface area contributed by atoms with Gasteiger partial charge in [-0.1, -0.05) is 13.3 Å². The number of hydrogen-bond donors (Lipinski definition) is 1. The van der Waals surface area contributed by atoms with E-state index in [-0.39, 0.29) is 6.10 Å². The van der Waals surface area contributed by atoms with Gasteiger partial charge in [0.05, 0.1) is 12.7 Å². The molecule has 0 aliphatic carbocycles. The lowest BCUT2D eigenvalue weighted by atomic mass is 9.93. The molecule has 2 heterocycles. The summed E-state index contributed by atoms with van der Waals surface area (Å²) >= 11 is 0. The first-order valence-corrected chi connectivity index (χ1v) is 6.77. The molecule has 0 amide bonds. The van der Waals surface area contributed by atoms with Crippen LogP contribution in [0.25, 0.3) is 0 Å². The first kappa shape index (κ1) is 12.3. The van der Waals surface area contributed by atoms with E-state index in [0.29, 0.717) is 5.92 Å². The number of nitrogens with zero attached hydrogens (tertiary/aromatic N) is 1. The molecule has 1 N–H and O–H groups in total. The van der Waals surface area contributed by atoms with Crippen LogP contribution in [0.15, 0.2) is 0 Å². The fraction of sp³-hybridized carbons (Fsp3) is 1.00. The number of likely N-dealkylation sites (tertiary alicyclic amines) is 1. The molecule has 0 bridgehead atoms. The summed E-state index contributed by atoms with van der Waals surface area (Å²) < 4.78 is 5.32. The van der Waals surface area contributed by atoms with E-state index in [9.17, 15) is 5.11 Å². The number of hydrogen-bond acceptors (Lipinski definition) is 3. The lowest BCUT2D eigenvalue weighted by molar-refractivity contribution is 0.0439. The Morgan fingerprint density at radius 1 is 1.31 bits per heavy atom. The fourth-order valence-corrected chi connectivity index (χ4v) is 2.85. The molecule has 2 saturated heterocycles. The summed E-state index contributed by atoms with van der Waals surface area (Å²) in [6, 6.07) is 0. The van der Waals surface area contributed by atoms with Gasteiger partial charge >= 0.3 is 0 Å². The molecule has 94 valence electrons. The van der Waals surface area contributed by atoms with Gasteiger partial charge in [0.2, 0.25) is 0 Å². The Morgan fingerprint density at radius 3 is 2.62 bits per heavy atom. The summed E-state index contributed by atoms with van der Waals surface area (Å²) in [4.78, 5) is 2.43. The van der Waals surface area contributed by atoms with Gasteiger partial charge < -0.3 is 14.7 Å². The third-order valence-electron chi connectivity index (χ3n) is 4.24. The molecule has 0 spiro atoms. The van der Waals surface area contributed by atoms with Crippen molar-refractivity contribution in [1.29, 1.82) is 0 Å². The molecular formula is C13H25NO2. The summed E-state index contributed by atoms with van der Waals surface area (Å²) in [5, 5.41) is 10.1. The fourth-order valence-electron chi connectivity index (χ4n) is 2.85. The summed E-state index contributed by atoms with van der Waals surface area (Å²) in [6.45, 7) is 7.06. The minimum atomic E-state index is -0.180. The molecule has 2 aliphatic rings. The van der Waals surface area contributed by atoms with E-state index >= 15 is 0 Å². The van der Waals surface area contributed by atoms with Gasteiger partial charge in [0, 0.05) is 19.1 Å². The van der Waals surface area contributed by atoms with Gasteiger partial charge in [-0.25, -0.2) is 0 Å². The Hall–Kier alpha value is -0.120. The van der Waals surface area contributed by atoms with Crippen molar-refractivity contribution in [2.24, 2.45) is 11.8 Å². The van der Waals surface area contributed by atoms with Crippen molar-refractivity contribution in [3.8, 4) is 0 Å². The highest BCUT2D eigenvalue weighted by molar-refractivity contribution is 4.78. The summed E-state index contributed by atoms with van der Waals surface area (Å²) in [6.07, 6.45) is 4.79. The van der Waals surface area contributed by atoms with E-state index < -0.39 is 0 Å². The van der Waals surface area contributed by atoms with Crippen molar-refractivity contribution in [3.05, 3.63) is 0 Å². The molecule has 0 aromatic heterocycles. The van der Waals surface area contributed by atoms with Crippen LogP contribution >= 0.6 is 0 Å². The van der Waals surface area contributed by atoms with E-state index in [0.717, 1.165) is 32.1 Å². The maximum absolute atomic E-state index is 10.1. The van der Waals surface area contributed by atoms with Gasteiger partial charge in [-0.3, -0.25) is 0 Å².